The van der Waals surface area contributed by atoms with Crippen molar-refractivity contribution in [1.82, 2.24) is 9.97 Å². The largest absolute Gasteiger partial charge is 0.355 e. The van der Waals surface area contributed by atoms with E-state index in [0.717, 1.165) is 18.0 Å². The van der Waals surface area contributed by atoms with Crippen LogP contribution in [0.5, 0.6) is 0 Å². The van der Waals surface area contributed by atoms with Crippen LogP contribution in [0.4, 0.5) is 11.6 Å². The molecule has 0 saturated heterocycles. The quantitative estimate of drug-likeness (QED) is 0.579. The predicted molar refractivity (Wildman–Crippen MR) is 70.7 cm³/mol. The summed E-state index contributed by atoms with van der Waals surface area (Å²) in [5, 5.41) is 0. The number of nitrogen functional groups attached to an aromatic ring is 1. The average Bonchev–Trinajstić information content (AvgIpc) is 2.35. The molecule has 0 aliphatic rings. The summed E-state index contributed by atoms with van der Waals surface area (Å²) in [4.78, 5) is 10.6. The zero-order chi connectivity index (χ0) is 12.0. The molecule has 0 fully saturated rings. The van der Waals surface area contributed by atoms with Crippen LogP contribution in [0.3, 0.4) is 0 Å². The molecule has 3 N–H and O–H groups in total. The minimum Gasteiger partial charge on any atom is -0.355 e. The molecule has 6 heteroatoms. The van der Waals surface area contributed by atoms with Crippen molar-refractivity contribution >= 4 is 23.4 Å². The summed E-state index contributed by atoms with van der Waals surface area (Å²) in [5.41, 5.74) is 2.51. The summed E-state index contributed by atoms with van der Waals surface area (Å²) < 4.78 is 0. The van der Waals surface area contributed by atoms with Gasteiger partial charge in [-0.3, -0.25) is 4.98 Å². The summed E-state index contributed by atoms with van der Waals surface area (Å²) in [6.45, 7) is 2.18. The van der Waals surface area contributed by atoms with E-state index in [9.17, 15) is 0 Å². The van der Waals surface area contributed by atoms with Gasteiger partial charge < -0.3 is 10.3 Å². The van der Waals surface area contributed by atoms with Crippen LogP contribution in [0.25, 0.3) is 0 Å². The summed E-state index contributed by atoms with van der Waals surface area (Å²) >= 11 is 1.84. The Morgan fingerprint density at radius 3 is 2.88 bits per heavy atom. The maximum atomic E-state index is 5.31. The number of nitrogens with zero attached hydrogens (tertiary/aromatic N) is 3. The SMILES string of the molecule is CCC(CSC)N(C)c1cncc(NN)n1. The lowest BCUT2D eigenvalue weighted by atomic mass is 10.2. The average molecular weight is 241 g/mol. The van der Waals surface area contributed by atoms with Gasteiger partial charge in [-0.05, 0) is 12.7 Å². The monoisotopic (exact) mass is 241 g/mol. The van der Waals surface area contributed by atoms with E-state index in [0.29, 0.717) is 11.9 Å². The molecule has 0 amide bonds. The van der Waals surface area contributed by atoms with Crippen molar-refractivity contribution in [2.45, 2.75) is 19.4 Å². The topological polar surface area (TPSA) is 67.1 Å². The van der Waals surface area contributed by atoms with Gasteiger partial charge in [0.1, 0.15) is 5.82 Å². The molecule has 0 spiro atoms. The van der Waals surface area contributed by atoms with E-state index in [1.54, 1.807) is 12.4 Å². The molecule has 0 aliphatic heterocycles. The standard InChI is InChI=1S/C10H19N5S/c1-4-8(7-16-3)15(2)10-6-12-5-9(13-10)14-11/h5-6,8H,4,7,11H2,1-3H3,(H,13,14). The lowest BCUT2D eigenvalue weighted by Crippen LogP contribution is -2.34. The zero-order valence-corrected chi connectivity index (χ0v) is 10.8. The second-order valence-electron chi connectivity index (χ2n) is 3.54. The third-order valence-corrected chi connectivity index (χ3v) is 3.23. The van der Waals surface area contributed by atoms with E-state index >= 15 is 0 Å². The highest BCUT2D eigenvalue weighted by molar-refractivity contribution is 7.98. The fourth-order valence-corrected chi connectivity index (χ4v) is 2.32. The number of hydrazine groups is 1. The second kappa shape index (κ2) is 6.55. The highest BCUT2D eigenvalue weighted by Crippen LogP contribution is 2.16. The van der Waals surface area contributed by atoms with Crippen LogP contribution in [0.15, 0.2) is 12.4 Å². The van der Waals surface area contributed by atoms with Crippen molar-refractivity contribution in [3.8, 4) is 0 Å². The molecule has 16 heavy (non-hydrogen) atoms. The van der Waals surface area contributed by atoms with Crippen LogP contribution < -0.4 is 16.2 Å². The van der Waals surface area contributed by atoms with Gasteiger partial charge in [0.25, 0.3) is 0 Å². The van der Waals surface area contributed by atoms with Crippen LogP contribution in [0, 0.1) is 0 Å². The highest BCUT2D eigenvalue weighted by atomic mass is 32.2. The first kappa shape index (κ1) is 13.1. The molecule has 1 unspecified atom stereocenters. The molecule has 1 heterocycles. The van der Waals surface area contributed by atoms with Crippen molar-refractivity contribution in [1.29, 1.82) is 0 Å². The summed E-state index contributed by atoms with van der Waals surface area (Å²) in [7, 11) is 2.04. The van der Waals surface area contributed by atoms with Gasteiger partial charge in [-0.25, -0.2) is 10.8 Å². The van der Waals surface area contributed by atoms with E-state index in [-0.39, 0.29) is 0 Å². The van der Waals surface area contributed by atoms with Gasteiger partial charge >= 0.3 is 0 Å². The van der Waals surface area contributed by atoms with Gasteiger partial charge in [0.2, 0.25) is 0 Å². The third kappa shape index (κ3) is 3.24. The number of aromatic nitrogens is 2. The number of hydrogen-bond donors (Lipinski definition) is 2. The molecule has 1 rings (SSSR count). The molecule has 0 bridgehead atoms. The van der Waals surface area contributed by atoms with Gasteiger partial charge in [-0.15, -0.1) is 0 Å². The van der Waals surface area contributed by atoms with E-state index in [1.165, 1.54) is 0 Å². The van der Waals surface area contributed by atoms with E-state index < -0.39 is 0 Å². The molecule has 5 nitrogen and oxygen atoms in total. The lowest BCUT2D eigenvalue weighted by molar-refractivity contribution is 0.665. The Labute approximate surface area is 101 Å². The van der Waals surface area contributed by atoms with E-state index in [1.807, 2.05) is 18.8 Å². The smallest absolute Gasteiger partial charge is 0.160 e. The highest BCUT2D eigenvalue weighted by Gasteiger charge is 2.14. The van der Waals surface area contributed by atoms with Gasteiger partial charge in [-0.2, -0.15) is 11.8 Å². The fourth-order valence-electron chi connectivity index (χ4n) is 1.48. The molecule has 90 valence electrons. The van der Waals surface area contributed by atoms with Crippen LogP contribution in [0.1, 0.15) is 13.3 Å². The Balaban J connectivity index is 2.80. The summed E-state index contributed by atoms with van der Waals surface area (Å²) in [6.07, 6.45) is 6.55. The predicted octanol–water partition coefficient (Wildman–Crippen LogP) is 1.34. The first-order valence-corrected chi connectivity index (χ1v) is 6.62. The Morgan fingerprint density at radius 2 is 2.31 bits per heavy atom. The molecule has 1 aromatic rings. The maximum Gasteiger partial charge on any atom is 0.160 e. The fraction of sp³-hybridized carbons (Fsp3) is 0.600. The minimum atomic E-state index is 0.470. The van der Waals surface area contributed by atoms with Gasteiger partial charge in [-0.1, -0.05) is 6.92 Å². The number of anilines is 2. The Kier molecular flexibility index (Phi) is 5.34. The number of nitrogens with two attached hydrogens (primary N) is 1. The minimum absolute atomic E-state index is 0.470. The molecule has 0 radical (unpaired) electrons. The summed E-state index contributed by atoms with van der Waals surface area (Å²) in [5.74, 6) is 7.82. The molecule has 1 aromatic heterocycles. The van der Waals surface area contributed by atoms with Crippen molar-refractivity contribution in [2.24, 2.45) is 5.84 Å². The third-order valence-electron chi connectivity index (χ3n) is 2.51. The van der Waals surface area contributed by atoms with E-state index in [4.69, 9.17) is 5.84 Å². The first-order valence-electron chi connectivity index (χ1n) is 5.23. The molecule has 0 aliphatic carbocycles. The Hall–Kier alpha value is -1.01. The van der Waals surface area contributed by atoms with Crippen molar-refractivity contribution in [2.75, 3.05) is 29.4 Å². The Morgan fingerprint density at radius 1 is 1.56 bits per heavy atom. The van der Waals surface area contributed by atoms with Gasteiger partial charge in [0, 0.05) is 18.8 Å². The van der Waals surface area contributed by atoms with Crippen molar-refractivity contribution in [3.63, 3.8) is 0 Å². The first-order chi connectivity index (χ1) is 7.72. The Bertz CT molecular complexity index is 320. The van der Waals surface area contributed by atoms with Crippen molar-refractivity contribution in [3.05, 3.63) is 12.4 Å². The van der Waals surface area contributed by atoms with Crippen molar-refractivity contribution < 1.29 is 0 Å². The van der Waals surface area contributed by atoms with Gasteiger partial charge in [0.15, 0.2) is 5.82 Å². The molecule has 0 aromatic carbocycles. The molecule has 1 atom stereocenters. The van der Waals surface area contributed by atoms with Gasteiger partial charge in [0.05, 0.1) is 12.4 Å². The molecule has 0 saturated carbocycles. The second-order valence-corrected chi connectivity index (χ2v) is 4.45. The number of hydrogen-bond acceptors (Lipinski definition) is 6. The lowest BCUT2D eigenvalue weighted by Gasteiger charge is -2.27. The molecular weight excluding hydrogens is 222 g/mol. The summed E-state index contributed by atoms with van der Waals surface area (Å²) in [6, 6.07) is 0.470. The number of thioether (sulfide) groups is 1. The number of nitrogens with one attached hydrogen (secondary N) is 1. The van der Waals surface area contributed by atoms with E-state index in [2.05, 4.69) is 33.5 Å². The molecular formula is C10H19N5S. The van der Waals surface area contributed by atoms with Crippen LogP contribution in [-0.2, 0) is 0 Å². The zero-order valence-electron chi connectivity index (χ0n) is 9.97. The van der Waals surface area contributed by atoms with Crippen LogP contribution >= 0.6 is 11.8 Å². The normalized spacial score (nSPS) is 12.2. The maximum absolute atomic E-state index is 5.31. The number of rotatable bonds is 6. The van der Waals surface area contributed by atoms with Crippen LogP contribution in [-0.4, -0.2) is 35.1 Å². The van der Waals surface area contributed by atoms with Crippen LogP contribution in [0.2, 0.25) is 0 Å².